The van der Waals surface area contributed by atoms with Crippen LogP contribution in [0.4, 0.5) is 20.2 Å². The Morgan fingerprint density at radius 3 is 2.07 bits per heavy atom. The van der Waals surface area contributed by atoms with Crippen molar-refractivity contribution < 1.29 is 23.2 Å². The molecule has 2 heterocycles. The number of para-hydroxylation sites is 2. The van der Waals surface area contributed by atoms with Crippen LogP contribution in [0.2, 0.25) is 0 Å². The minimum atomic E-state index is -0.646. The number of hydrogen-bond acceptors (Lipinski definition) is 3. The van der Waals surface area contributed by atoms with E-state index in [1.165, 1.54) is 29.2 Å². The average Bonchev–Trinajstić information content (AvgIpc) is 3.11. The predicted octanol–water partition coefficient (Wildman–Crippen LogP) is 3.11. The second kappa shape index (κ2) is 7.26. The maximum atomic E-state index is 13.3. The molecule has 0 radical (unpaired) electrons. The van der Waals surface area contributed by atoms with Crippen LogP contribution < -0.4 is 9.80 Å². The van der Waals surface area contributed by atoms with Crippen LogP contribution in [0.1, 0.15) is 29.8 Å². The zero-order chi connectivity index (χ0) is 19.7. The number of likely N-dealkylation sites (N-methyl/N-ethyl adjacent to an activating group) is 2. The Balaban J connectivity index is 0.000000156. The zero-order valence-corrected chi connectivity index (χ0v) is 15.0. The standard InChI is InChI=1S/C10H8FNO2.C10H10FNO/c1-2-12-8-6(9(13)10(12)14)4-3-5-7(8)11;1-2-12-9(13)6-7-4-3-5-8(11)10(7)12/h3-5H,2H2,1H3;3-5H,2,6H2,1H3. The number of amides is 2. The number of nitrogens with zero attached hydrogens (tertiary/aromatic N) is 2. The second-order valence-corrected chi connectivity index (χ2v) is 6.08. The van der Waals surface area contributed by atoms with Crippen molar-refractivity contribution in [2.45, 2.75) is 20.3 Å². The molecule has 2 aromatic rings. The number of halogens is 2. The Hall–Kier alpha value is -3.09. The number of ketones is 1. The van der Waals surface area contributed by atoms with Gasteiger partial charge in [-0.3, -0.25) is 14.4 Å². The number of rotatable bonds is 2. The number of Topliss-reactive ketones (excluding diaryl/α,β-unsaturated/α-hetero) is 1. The van der Waals surface area contributed by atoms with Crippen molar-refractivity contribution in [1.29, 1.82) is 0 Å². The summed E-state index contributed by atoms with van der Waals surface area (Å²) in [7, 11) is 0. The fourth-order valence-corrected chi connectivity index (χ4v) is 3.34. The fourth-order valence-electron chi connectivity index (χ4n) is 3.34. The third-order valence-electron chi connectivity index (χ3n) is 4.56. The van der Waals surface area contributed by atoms with Crippen LogP contribution in [0, 0.1) is 11.6 Å². The summed E-state index contributed by atoms with van der Waals surface area (Å²) in [4.78, 5) is 36.7. The van der Waals surface area contributed by atoms with Crippen molar-refractivity contribution >= 4 is 29.0 Å². The van der Waals surface area contributed by atoms with Gasteiger partial charge >= 0.3 is 0 Å². The van der Waals surface area contributed by atoms with Gasteiger partial charge in [0.05, 0.1) is 23.4 Å². The highest BCUT2D eigenvalue weighted by Crippen LogP contribution is 2.31. The number of hydrogen-bond donors (Lipinski definition) is 0. The van der Waals surface area contributed by atoms with E-state index in [0.29, 0.717) is 25.2 Å². The molecule has 0 aromatic heterocycles. The molecule has 2 amide bonds. The summed E-state index contributed by atoms with van der Waals surface area (Å²) in [6, 6.07) is 8.97. The SMILES string of the molecule is CCN1C(=O)C(=O)c2cccc(F)c21.CCN1C(=O)Cc2cccc(F)c21. The Labute approximate surface area is 155 Å². The molecule has 0 saturated carbocycles. The summed E-state index contributed by atoms with van der Waals surface area (Å²) in [5.41, 5.74) is 1.55. The van der Waals surface area contributed by atoms with Gasteiger partial charge in [-0.15, -0.1) is 0 Å². The number of benzene rings is 2. The lowest BCUT2D eigenvalue weighted by Crippen LogP contribution is -2.29. The minimum Gasteiger partial charge on any atom is -0.309 e. The molecular weight excluding hydrogens is 354 g/mol. The molecule has 2 aliphatic rings. The van der Waals surface area contributed by atoms with Crippen molar-refractivity contribution in [3.8, 4) is 0 Å². The lowest BCUT2D eigenvalue weighted by molar-refractivity contribution is -0.117. The first-order chi connectivity index (χ1) is 12.9. The van der Waals surface area contributed by atoms with Gasteiger partial charge in [0.15, 0.2) is 0 Å². The molecular formula is C20H18F2N2O3. The van der Waals surface area contributed by atoms with Crippen LogP contribution in [0.15, 0.2) is 36.4 Å². The number of carbonyl (C=O) groups excluding carboxylic acids is 3. The smallest absolute Gasteiger partial charge is 0.299 e. The first-order valence-electron chi connectivity index (χ1n) is 8.63. The Morgan fingerprint density at radius 2 is 1.44 bits per heavy atom. The van der Waals surface area contributed by atoms with E-state index < -0.39 is 17.5 Å². The summed E-state index contributed by atoms with van der Waals surface area (Å²) in [5.74, 6) is -2.11. The van der Waals surface area contributed by atoms with E-state index >= 15 is 0 Å². The van der Waals surface area contributed by atoms with Gasteiger partial charge in [0.25, 0.3) is 11.7 Å². The summed E-state index contributed by atoms with van der Waals surface area (Å²) in [5, 5.41) is 0. The largest absolute Gasteiger partial charge is 0.309 e. The highest BCUT2D eigenvalue weighted by molar-refractivity contribution is 6.52. The summed E-state index contributed by atoms with van der Waals surface area (Å²) >= 11 is 0. The monoisotopic (exact) mass is 372 g/mol. The molecule has 0 unspecified atom stereocenters. The maximum absolute atomic E-state index is 13.3. The highest BCUT2D eigenvalue weighted by atomic mass is 19.1. The molecule has 4 rings (SSSR count). The maximum Gasteiger partial charge on any atom is 0.299 e. The summed E-state index contributed by atoms with van der Waals surface area (Å²) in [6.07, 6.45) is 0.334. The van der Waals surface area contributed by atoms with Gasteiger partial charge in [0.2, 0.25) is 5.91 Å². The Morgan fingerprint density at radius 1 is 0.852 bits per heavy atom. The van der Waals surface area contributed by atoms with Crippen molar-refractivity contribution in [2.24, 2.45) is 0 Å². The van der Waals surface area contributed by atoms with Gasteiger partial charge in [-0.2, -0.15) is 0 Å². The molecule has 27 heavy (non-hydrogen) atoms. The van der Waals surface area contributed by atoms with Crippen molar-refractivity contribution in [3.05, 3.63) is 59.2 Å². The van der Waals surface area contributed by atoms with Crippen LogP contribution >= 0.6 is 0 Å². The molecule has 0 bridgehead atoms. The second-order valence-electron chi connectivity index (χ2n) is 6.08. The minimum absolute atomic E-state index is 0.0115. The van der Waals surface area contributed by atoms with Gasteiger partial charge < -0.3 is 9.80 Å². The number of fused-ring (bicyclic) bond motifs is 2. The van der Waals surface area contributed by atoms with E-state index in [1.807, 2.05) is 6.92 Å². The summed E-state index contributed by atoms with van der Waals surface area (Å²) < 4.78 is 26.6. The van der Waals surface area contributed by atoms with Crippen molar-refractivity contribution in [2.75, 3.05) is 22.9 Å². The van der Waals surface area contributed by atoms with Gasteiger partial charge in [0, 0.05) is 13.1 Å². The first-order valence-corrected chi connectivity index (χ1v) is 8.63. The Kier molecular flexibility index (Phi) is 5.03. The predicted molar refractivity (Wildman–Crippen MR) is 96.9 cm³/mol. The van der Waals surface area contributed by atoms with Gasteiger partial charge in [0.1, 0.15) is 11.6 Å². The van der Waals surface area contributed by atoms with E-state index in [1.54, 1.807) is 19.1 Å². The molecule has 0 atom stereocenters. The highest BCUT2D eigenvalue weighted by Gasteiger charge is 2.36. The van der Waals surface area contributed by atoms with Crippen LogP contribution in [-0.4, -0.2) is 30.7 Å². The van der Waals surface area contributed by atoms with Crippen LogP contribution in [0.25, 0.3) is 0 Å². The Bertz CT molecular complexity index is 943. The molecule has 0 fully saturated rings. The van der Waals surface area contributed by atoms with Gasteiger partial charge in [-0.25, -0.2) is 8.78 Å². The molecule has 0 spiro atoms. The van der Waals surface area contributed by atoms with E-state index in [9.17, 15) is 23.2 Å². The third kappa shape index (κ3) is 3.09. The van der Waals surface area contributed by atoms with Crippen LogP contribution in [0.3, 0.4) is 0 Å². The molecule has 2 aliphatic heterocycles. The summed E-state index contributed by atoms with van der Waals surface area (Å²) in [6.45, 7) is 4.39. The fraction of sp³-hybridized carbons (Fsp3) is 0.250. The molecule has 5 nitrogen and oxygen atoms in total. The molecule has 2 aromatic carbocycles. The first kappa shape index (κ1) is 18.7. The third-order valence-corrected chi connectivity index (χ3v) is 4.56. The van der Waals surface area contributed by atoms with Gasteiger partial charge in [-0.05, 0) is 37.6 Å². The molecule has 7 heteroatoms. The molecule has 0 aliphatic carbocycles. The van der Waals surface area contributed by atoms with Crippen LogP contribution in [-0.2, 0) is 16.0 Å². The zero-order valence-electron chi connectivity index (χ0n) is 15.0. The van der Waals surface area contributed by atoms with Crippen LogP contribution in [0.5, 0.6) is 0 Å². The average molecular weight is 372 g/mol. The number of carbonyl (C=O) groups is 3. The lowest BCUT2D eigenvalue weighted by Gasteiger charge is -2.14. The van der Waals surface area contributed by atoms with E-state index in [4.69, 9.17) is 0 Å². The van der Waals surface area contributed by atoms with E-state index in [2.05, 4.69) is 0 Å². The molecule has 0 N–H and O–H groups in total. The molecule has 140 valence electrons. The quantitative estimate of drug-likeness (QED) is 0.761. The van der Waals surface area contributed by atoms with E-state index in [-0.39, 0.29) is 23.0 Å². The van der Waals surface area contributed by atoms with Crippen molar-refractivity contribution in [1.82, 2.24) is 0 Å². The van der Waals surface area contributed by atoms with Gasteiger partial charge in [-0.1, -0.05) is 18.2 Å². The number of anilines is 2. The normalized spacial score (nSPS) is 14.9. The molecule has 0 saturated heterocycles. The topological polar surface area (TPSA) is 57.7 Å². The van der Waals surface area contributed by atoms with Crippen molar-refractivity contribution in [3.63, 3.8) is 0 Å². The van der Waals surface area contributed by atoms with E-state index in [0.717, 1.165) is 10.5 Å². The lowest BCUT2D eigenvalue weighted by atomic mass is 10.1.